The molecule has 2 aliphatic rings. The second kappa shape index (κ2) is 8.17. The van der Waals surface area contributed by atoms with E-state index < -0.39 is 6.10 Å². The average molecular weight is 413 g/mol. The minimum Gasteiger partial charge on any atom is -0.386 e. The fourth-order valence-electron chi connectivity index (χ4n) is 4.25. The highest BCUT2D eigenvalue weighted by atomic mass is 32.1. The molecule has 0 spiro atoms. The molecule has 0 unspecified atom stereocenters. The first-order valence-corrected chi connectivity index (χ1v) is 11.0. The molecular formula is C20H24N6O2S. The third-order valence-corrected chi connectivity index (χ3v) is 6.64. The number of benzene rings is 1. The van der Waals surface area contributed by atoms with Crippen molar-refractivity contribution in [3.63, 3.8) is 0 Å². The van der Waals surface area contributed by atoms with E-state index in [1.165, 1.54) is 11.3 Å². The van der Waals surface area contributed by atoms with Crippen molar-refractivity contribution in [2.75, 3.05) is 49.2 Å². The molecule has 2 atom stereocenters. The SMILES string of the molecule is O[C@H](c1nccs1)[C@@H]1CCCN(c2nnnc3cc(N4CCOCC4)ccc23)C1. The Bertz CT molecular complexity index is 963. The molecule has 5 rings (SSSR count). The van der Waals surface area contributed by atoms with E-state index in [0.717, 1.165) is 79.7 Å². The molecule has 2 saturated heterocycles. The molecule has 2 fully saturated rings. The van der Waals surface area contributed by atoms with Gasteiger partial charge in [-0.3, -0.25) is 0 Å². The summed E-state index contributed by atoms with van der Waals surface area (Å²) in [5.74, 6) is 0.979. The molecular weight excluding hydrogens is 388 g/mol. The number of thiazole rings is 1. The zero-order chi connectivity index (χ0) is 19.6. The second-order valence-electron chi connectivity index (χ2n) is 7.58. The van der Waals surface area contributed by atoms with Gasteiger partial charge in [0.05, 0.1) is 13.2 Å². The summed E-state index contributed by atoms with van der Waals surface area (Å²) in [6, 6.07) is 6.31. The van der Waals surface area contributed by atoms with Gasteiger partial charge in [0.15, 0.2) is 5.82 Å². The molecule has 2 aliphatic heterocycles. The predicted octanol–water partition coefficient (Wildman–Crippen LogP) is 2.27. The van der Waals surface area contributed by atoms with E-state index in [2.05, 4.69) is 48.4 Å². The van der Waals surface area contributed by atoms with Gasteiger partial charge in [-0.1, -0.05) is 0 Å². The van der Waals surface area contributed by atoms with Gasteiger partial charge in [-0.15, -0.1) is 21.5 Å². The summed E-state index contributed by atoms with van der Waals surface area (Å²) in [6.45, 7) is 4.92. The summed E-state index contributed by atoms with van der Waals surface area (Å²) in [4.78, 5) is 8.84. The fourth-order valence-corrected chi connectivity index (χ4v) is 4.97. The number of rotatable bonds is 4. The molecule has 1 N–H and O–H groups in total. The number of nitrogens with zero attached hydrogens (tertiary/aromatic N) is 6. The highest BCUT2D eigenvalue weighted by Gasteiger charge is 2.30. The smallest absolute Gasteiger partial charge is 0.162 e. The van der Waals surface area contributed by atoms with Crippen LogP contribution in [0.15, 0.2) is 29.8 Å². The molecule has 0 bridgehead atoms. The van der Waals surface area contributed by atoms with Crippen molar-refractivity contribution in [3.8, 4) is 0 Å². The Hall–Kier alpha value is -2.36. The molecule has 8 nitrogen and oxygen atoms in total. The summed E-state index contributed by atoms with van der Waals surface area (Å²) in [5.41, 5.74) is 1.99. The van der Waals surface area contributed by atoms with Crippen LogP contribution in [0.4, 0.5) is 11.5 Å². The van der Waals surface area contributed by atoms with Gasteiger partial charge in [0, 0.05) is 54.7 Å². The first kappa shape index (κ1) is 18.7. The third kappa shape index (κ3) is 3.77. The van der Waals surface area contributed by atoms with Crippen molar-refractivity contribution in [1.82, 2.24) is 20.4 Å². The zero-order valence-electron chi connectivity index (χ0n) is 16.1. The molecule has 4 heterocycles. The van der Waals surface area contributed by atoms with E-state index in [9.17, 15) is 5.11 Å². The topological polar surface area (TPSA) is 87.5 Å². The van der Waals surface area contributed by atoms with E-state index in [-0.39, 0.29) is 5.92 Å². The predicted molar refractivity (Wildman–Crippen MR) is 112 cm³/mol. The number of ether oxygens (including phenoxy) is 1. The largest absolute Gasteiger partial charge is 0.386 e. The quantitative estimate of drug-likeness (QED) is 0.698. The van der Waals surface area contributed by atoms with Gasteiger partial charge in [0.25, 0.3) is 0 Å². The number of aliphatic hydroxyl groups excluding tert-OH is 1. The van der Waals surface area contributed by atoms with Crippen LogP contribution < -0.4 is 9.80 Å². The minimum atomic E-state index is -0.535. The Labute approximate surface area is 173 Å². The van der Waals surface area contributed by atoms with Gasteiger partial charge in [-0.2, -0.15) is 0 Å². The highest BCUT2D eigenvalue weighted by molar-refractivity contribution is 7.09. The number of hydrogen-bond acceptors (Lipinski definition) is 9. The maximum atomic E-state index is 10.7. The molecule has 29 heavy (non-hydrogen) atoms. The van der Waals surface area contributed by atoms with Gasteiger partial charge < -0.3 is 19.6 Å². The van der Waals surface area contributed by atoms with E-state index in [1.54, 1.807) is 6.20 Å². The van der Waals surface area contributed by atoms with Gasteiger partial charge in [-0.25, -0.2) is 4.98 Å². The number of hydrogen-bond donors (Lipinski definition) is 1. The first-order chi connectivity index (χ1) is 14.3. The molecule has 9 heteroatoms. The maximum Gasteiger partial charge on any atom is 0.162 e. The van der Waals surface area contributed by atoms with Crippen LogP contribution in [0, 0.1) is 5.92 Å². The summed E-state index contributed by atoms with van der Waals surface area (Å²) in [6.07, 6.45) is 3.20. The van der Waals surface area contributed by atoms with E-state index in [0.29, 0.717) is 0 Å². The molecule has 0 radical (unpaired) electrons. The molecule has 152 valence electrons. The average Bonchev–Trinajstić information content (AvgIpc) is 3.33. The van der Waals surface area contributed by atoms with Crippen molar-refractivity contribution in [2.45, 2.75) is 18.9 Å². The Morgan fingerprint density at radius 1 is 1.14 bits per heavy atom. The molecule has 0 amide bonds. The standard InChI is InChI=1S/C20H24N6O2S/c27-18(20-21-5-11-29-20)14-2-1-6-26(13-14)19-16-4-3-15(12-17(16)22-24-23-19)25-7-9-28-10-8-25/h3-5,11-12,14,18,27H,1-2,6-10,13H2/t14-,18+/m1/s1. The van der Waals surface area contributed by atoms with E-state index >= 15 is 0 Å². The normalized spacial score (nSPS) is 21.5. The third-order valence-electron chi connectivity index (χ3n) is 5.80. The lowest BCUT2D eigenvalue weighted by molar-refractivity contribution is 0.0977. The second-order valence-corrected chi connectivity index (χ2v) is 8.50. The highest BCUT2D eigenvalue weighted by Crippen LogP contribution is 2.34. The Morgan fingerprint density at radius 3 is 2.86 bits per heavy atom. The van der Waals surface area contributed by atoms with E-state index in [4.69, 9.17) is 4.74 Å². The van der Waals surface area contributed by atoms with Crippen LogP contribution >= 0.6 is 11.3 Å². The van der Waals surface area contributed by atoms with Crippen LogP contribution in [-0.4, -0.2) is 64.9 Å². The maximum absolute atomic E-state index is 10.7. The summed E-state index contributed by atoms with van der Waals surface area (Å²) in [7, 11) is 0. The van der Waals surface area contributed by atoms with Gasteiger partial charge in [0.2, 0.25) is 0 Å². The van der Waals surface area contributed by atoms with Crippen molar-refractivity contribution < 1.29 is 9.84 Å². The van der Waals surface area contributed by atoms with Crippen LogP contribution in [-0.2, 0) is 4.74 Å². The van der Waals surface area contributed by atoms with Crippen molar-refractivity contribution in [2.24, 2.45) is 5.92 Å². The van der Waals surface area contributed by atoms with Crippen LogP contribution in [0.1, 0.15) is 24.0 Å². The fraction of sp³-hybridized carbons (Fsp3) is 0.500. The van der Waals surface area contributed by atoms with Crippen molar-refractivity contribution in [3.05, 3.63) is 34.8 Å². The number of aromatic nitrogens is 4. The number of fused-ring (bicyclic) bond motifs is 1. The van der Waals surface area contributed by atoms with E-state index in [1.807, 2.05) is 5.38 Å². The molecule has 0 saturated carbocycles. The minimum absolute atomic E-state index is 0.132. The Morgan fingerprint density at radius 2 is 2.03 bits per heavy atom. The van der Waals surface area contributed by atoms with Gasteiger partial charge in [-0.05, 0) is 36.3 Å². The lowest BCUT2D eigenvalue weighted by Crippen LogP contribution is -2.38. The van der Waals surface area contributed by atoms with Gasteiger partial charge in [0.1, 0.15) is 16.6 Å². The molecule has 3 aromatic rings. The van der Waals surface area contributed by atoms with Crippen LogP contribution in [0.3, 0.4) is 0 Å². The monoisotopic (exact) mass is 412 g/mol. The lowest BCUT2D eigenvalue weighted by Gasteiger charge is -2.35. The summed E-state index contributed by atoms with van der Waals surface area (Å²) in [5, 5.41) is 27.1. The first-order valence-electron chi connectivity index (χ1n) is 10.1. The van der Waals surface area contributed by atoms with Crippen molar-refractivity contribution >= 4 is 33.7 Å². The number of morpholine rings is 1. The Kier molecular flexibility index (Phi) is 5.26. The molecule has 0 aliphatic carbocycles. The van der Waals surface area contributed by atoms with Crippen LogP contribution in [0.5, 0.6) is 0 Å². The summed E-state index contributed by atoms with van der Waals surface area (Å²) < 4.78 is 5.45. The number of piperidine rings is 1. The van der Waals surface area contributed by atoms with Crippen LogP contribution in [0.25, 0.3) is 10.9 Å². The lowest BCUT2D eigenvalue weighted by atomic mass is 9.92. The number of anilines is 2. The van der Waals surface area contributed by atoms with Crippen LogP contribution in [0.2, 0.25) is 0 Å². The van der Waals surface area contributed by atoms with Crippen molar-refractivity contribution in [1.29, 1.82) is 0 Å². The Balaban J connectivity index is 1.40. The molecule has 1 aromatic carbocycles. The number of aliphatic hydroxyl groups is 1. The molecule has 2 aromatic heterocycles. The zero-order valence-corrected chi connectivity index (χ0v) is 17.0. The summed E-state index contributed by atoms with van der Waals surface area (Å²) >= 11 is 1.51. The van der Waals surface area contributed by atoms with Gasteiger partial charge >= 0.3 is 0 Å².